The number of aromatic nitrogens is 2. The number of anilines is 2. The van der Waals surface area contributed by atoms with Gasteiger partial charge in [0, 0.05) is 31.7 Å². The molecule has 3 rings (SSSR count). The number of likely N-dealkylation sites (tertiary alicyclic amines) is 1. The maximum absolute atomic E-state index is 14.3. The third kappa shape index (κ3) is 6.89. The molecule has 33 heavy (non-hydrogen) atoms. The summed E-state index contributed by atoms with van der Waals surface area (Å²) in [5.41, 5.74) is 5.20. The second-order valence-electron chi connectivity index (χ2n) is 9.13. The van der Waals surface area contributed by atoms with Gasteiger partial charge in [-0.1, -0.05) is 6.92 Å². The molecule has 0 aromatic carbocycles. The fourth-order valence-corrected chi connectivity index (χ4v) is 4.72. The minimum absolute atomic E-state index is 0.0216. The van der Waals surface area contributed by atoms with Crippen LogP contribution in [0, 0.1) is 23.7 Å². The Hall–Kier alpha value is -2.21. The summed E-state index contributed by atoms with van der Waals surface area (Å²) in [6, 6.07) is 1.68. The molecule has 1 saturated heterocycles. The molecule has 5 N–H and O–H groups in total. The van der Waals surface area contributed by atoms with Crippen LogP contribution in [0.25, 0.3) is 0 Å². The maximum atomic E-state index is 14.3. The highest BCUT2D eigenvalue weighted by Gasteiger charge is 2.50. The summed E-state index contributed by atoms with van der Waals surface area (Å²) in [4.78, 5) is 21.4. The van der Waals surface area contributed by atoms with Crippen molar-refractivity contribution in [2.75, 3.05) is 43.4 Å². The van der Waals surface area contributed by atoms with Crippen molar-refractivity contribution in [2.24, 2.45) is 29.4 Å². The minimum atomic E-state index is -4.51. The lowest BCUT2D eigenvalue weighted by Gasteiger charge is -2.38. The molecule has 2 aliphatic rings. The third-order valence-electron chi connectivity index (χ3n) is 6.81. The SMILES string of the molecule is CC1C(F)[C@H](C(F)(F)F)CC[C@H]1CNc1nccc(NC[C@H]2CCN(CC(N)=O)C[C@@H]2O)n1. The predicted octanol–water partition coefficient (Wildman–Crippen LogP) is 2.03. The van der Waals surface area contributed by atoms with E-state index in [1.54, 1.807) is 12.3 Å². The number of piperidine rings is 1. The van der Waals surface area contributed by atoms with Crippen LogP contribution < -0.4 is 16.4 Å². The molecular weight excluding hydrogens is 444 g/mol. The molecule has 0 bridgehead atoms. The highest BCUT2D eigenvalue weighted by atomic mass is 19.4. The summed E-state index contributed by atoms with van der Waals surface area (Å²) in [7, 11) is 0. The van der Waals surface area contributed by atoms with Crippen molar-refractivity contribution in [3.8, 4) is 0 Å². The van der Waals surface area contributed by atoms with Crippen molar-refractivity contribution in [3.05, 3.63) is 12.3 Å². The van der Waals surface area contributed by atoms with E-state index in [1.807, 2.05) is 4.90 Å². The number of aliphatic hydroxyl groups is 1. The van der Waals surface area contributed by atoms with Crippen LogP contribution in [0.3, 0.4) is 0 Å². The lowest BCUT2D eigenvalue weighted by atomic mass is 9.73. The first kappa shape index (κ1) is 25.4. The summed E-state index contributed by atoms with van der Waals surface area (Å²) in [6.45, 7) is 3.44. The largest absolute Gasteiger partial charge is 0.394 e. The smallest absolute Gasteiger partial charge is 0.391 e. The van der Waals surface area contributed by atoms with Gasteiger partial charge in [-0.2, -0.15) is 18.2 Å². The topological polar surface area (TPSA) is 116 Å². The fourth-order valence-electron chi connectivity index (χ4n) is 4.72. The van der Waals surface area contributed by atoms with Crippen LogP contribution in [0.2, 0.25) is 0 Å². The lowest BCUT2D eigenvalue weighted by Crippen LogP contribution is -2.48. The number of carbonyl (C=O) groups is 1. The molecule has 1 aromatic rings. The number of hydrogen-bond donors (Lipinski definition) is 4. The number of nitrogens with zero attached hydrogens (tertiary/aromatic N) is 3. The number of primary amides is 1. The number of rotatable bonds is 8. The number of hydrogen-bond acceptors (Lipinski definition) is 7. The second kappa shape index (κ2) is 10.8. The first-order chi connectivity index (χ1) is 15.5. The van der Waals surface area contributed by atoms with Gasteiger partial charge in [0.25, 0.3) is 0 Å². The van der Waals surface area contributed by atoms with E-state index in [9.17, 15) is 27.5 Å². The zero-order chi connectivity index (χ0) is 24.2. The van der Waals surface area contributed by atoms with Crippen LogP contribution in [0.5, 0.6) is 0 Å². The monoisotopic (exact) mass is 476 g/mol. The number of β-amino-alcohol motifs (C(OH)–C–C–N with tert-alkyl or cyclic N) is 1. The second-order valence-corrected chi connectivity index (χ2v) is 9.13. The van der Waals surface area contributed by atoms with Crippen LogP contribution >= 0.6 is 0 Å². The number of aliphatic hydroxyl groups excluding tert-OH is 1. The van der Waals surface area contributed by atoms with E-state index in [0.29, 0.717) is 37.8 Å². The van der Waals surface area contributed by atoms with E-state index < -0.39 is 36.2 Å². The van der Waals surface area contributed by atoms with E-state index in [1.165, 1.54) is 6.92 Å². The van der Waals surface area contributed by atoms with Crippen LogP contribution in [0.1, 0.15) is 26.2 Å². The van der Waals surface area contributed by atoms with E-state index in [-0.39, 0.29) is 37.8 Å². The first-order valence-corrected chi connectivity index (χ1v) is 11.2. The average molecular weight is 477 g/mol. The molecule has 6 atom stereocenters. The van der Waals surface area contributed by atoms with Gasteiger partial charge in [-0.3, -0.25) is 9.69 Å². The van der Waals surface area contributed by atoms with Crippen molar-refractivity contribution in [1.29, 1.82) is 0 Å². The molecule has 0 radical (unpaired) electrons. The summed E-state index contributed by atoms with van der Waals surface area (Å²) in [5, 5.41) is 16.5. The van der Waals surface area contributed by atoms with Crippen LogP contribution in [0.4, 0.5) is 29.3 Å². The van der Waals surface area contributed by atoms with Crippen molar-refractivity contribution >= 4 is 17.7 Å². The first-order valence-electron chi connectivity index (χ1n) is 11.2. The van der Waals surface area contributed by atoms with Crippen LogP contribution in [-0.2, 0) is 4.79 Å². The fraction of sp³-hybridized carbons (Fsp3) is 0.762. The van der Waals surface area contributed by atoms with E-state index >= 15 is 0 Å². The molecule has 12 heteroatoms. The summed E-state index contributed by atoms with van der Waals surface area (Å²) in [6.07, 6.45) is -4.73. The minimum Gasteiger partial charge on any atom is -0.391 e. The van der Waals surface area contributed by atoms with Crippen LogP contribution in [-0.4, -0.2) is 77.1 Å². The Morgan fingerprint density at radius 1 is 1.24 bits per heavy atom. The van der Waals surface area contributed by atoms with E-state index in [0.717, 1.165) is 0 Å². The normalized spacial score (nSPS) is 31.2. The van der Waals surface area contributed by atoms with Gasteiger partial charge in [-0.05, 0) is 43.7 Å². The van der Waals surface area contributed by atoms with Gasteiger partial charge in [-0.15, -0.1) is 0 Å². The zero-order valence-electron chi connectivity index (χ0n) is 18.6. The predicted molar refractivity (Wildman–Crippen MR) is 115 cm³/mol. The molecule has 1 aromatic heterocycles. The third-order valence-corrected chi connectivity index (χ3v) is 6.81. The maximum Gasteiger partial charge on any atom is 0.394 e. The van der Waals surface area contributed by atoms with Crippen molar-refractivity contribution in [1.82, 2.24) is 14.9 Å². The Bertz CT molecular complexity index is 798. The molecule has 2 heterocycles. The van der Waals surface area contributed by atoms with Gasteiger partial charge in [0.15, 0.2) is 0 Å². The number of halogens is 4. The van der Waals surface area contributed by atoms with Gasteiger partial charge in [0.05, 0.1) is 18.6 Å². The highest BCUT2D eigenvalue weighted by Crippen LogP contribution is 2.44. The Labute approximate surface area is 190 Å². The van der Waals surface area contributed by atoms with Gasteiger partial charge >= 0.3 is 6.18 Å². The van der Waals surface area contributed by atoms with Gasteiger partial charge in [0.2, 0.25) is 11.9 Å². The molecule has 8 nitrogen and oxygen atoms in total. The molecular formula is C21H32F4N6O2. The Kier molecular flexibility index (Phi) is 8.33. The quantitative estimate of drug-likeness (QED) is 0.424. The summed E-state index contributed by atoms with van der Waals surface area (Å²) < 4.78 is 53.2. The molecule has 1 aliphatic heterocycles. The number of alkyl halides is 4. The summed E-state index contributed by atoms with van der Waals surface area (Å²) >= 11 is 0. The molecule has 2 fully saturated rings. The Morgan fingerprint density at radius 2 is 1.97 bits per heavy atom. The van der Waals surface area contributed by atoms with Gasteiger partial charge in [-0.25, -0.2) is 9.37 Å². The molecule has 2 unspecified atom stereocenters. The number of nitrogens with two attached hydrogens (primary N) is 1. The van der Waals surface area contributed by atoms with E-state index in [4.69, 9.17) is 5.73 Å². The molecule has 1 saturated carbocycles. The zero-order valence-corrected chi connectivity index (χ0v) is 18.6. The summed E-state index contributed by atoms with van der Waals surface area (Å²) in [5.74, 6) is -2.48. The molecule has 1 aliphatic carbocycles. The Morgan fingerprint density at radius 3 is 2.64 bits per heavy atom. The highest BCUT2D eigenvalue weighted by molar-refractivity contribution is 5.75. The lowest BCUT2D eigenvalue weighted by molar-refractivity contribution is -0.207. The molecule has 186 valence electrons. The number of nitrogens with one attached hydrogen (secondary N) is 2. The van der Waals surface area contributed by atoms with E-state index in [2.05, 4.69) is 20.6 Å². The van der Waals surface area contributed by atoms with Crippen LogP contribution in [0.15, 0.2) is 12.3 Å². The van der Waals surface area contributed by atoms with Crippen molar-refractivity contribution in [2.45, 2.75) is 44.6 Å². The van der Waals surface area contributed by atoms with Crippen molar-refractivity contribution < 1.29 is 27.5 Å². The number of amides is 1. The Balaban J connectivity index is 1.47. The average Bonchev–Trinajstić information content (AvgIpc) is 2.73. The van der Waals surface area contributed by atoms with Gasteiger partial charge < -0.3 is 21.5 Å². The number of carbonyl (C=O) groups excluding carboxylic acids is 1. The molecule has 0 spiro atoms. The standard InChI is InChI=1S/C21H32F4N6O2/c1-12-13(2-3-15(19(12)22)21(23,24)25)8-29-20-27-6-4-18(30-20)28-9-14-5-7-31(10-16(14)32)11-17(26)33/h4,6,12-16,19,32H,2-3,5,7-11H2,1H3,(H2,26,33)(H2,27,28,29,30)/t12?,13-,14+,15+,16-,19?/m0/s1. The van der Waals surface area contributed by atoms with Crippen molar-refractivity contribution in [3.63, 3.8) is 0 Å². The van der Waals surface area contributed by atoms with Gasteiger partial charge in [0.1, 0.15) is 12.0 Å². The molecule has 1 amide bonds.